The summed E-state index contributed by atoms with van der Waals surface area (Å²) < 4.78 is 0. The lowest BCUT2D eigenvalue weighted by molar-refractivity contribution is 0.766. The first-order valence-electron chi connectivity index (χ1n) is 18.8. The van der Waals surface area contributed by atoms with Gasteiger partial charge in [0.15, 0.2) is 11.6 Å². The molecule has 1 heterocycles. The van der Waals surface area contributed by atoms with E-state index in [1.165, 1.54) is 66.4 Å². The summed E-state index contributed by atoms with van der Waals surface area (Å²) in [5, 5.41) is 2.66. The zero-order chi connectivity index (χ0) is 36.0. The van der Waals surface area contributed by atoms with Gasteiger partial charge in [-0.2, -0.15) is 0 Å². The molecule has 10 rings (SSSR count). The van der Waals surface area contributed by atoms with Gasteiger partial charge in [-0.25, -0.2) is 15.0 Å². The van der Waals surface area contributed by atoms with Crippen molar-refractivity contribution in [2.24, 2.45) is 0 Å². The predicted octanol–water partition coefficient (Wildman–Crippen LogP) is 12.7. The Bertz CT molecular complexity index is 2760. The van der Waals surface area contributed by atoms with Gasteiger partial charge < -0.3 is 0 Å². The molecule has 0 amide bonds. The molecule has 7 aromatic carbocycles. The SMILES string of the molecule is Cc1ccc(-c2cc3c(c4ccccc24)Cc2cccc(C4=CCC(c5nc(-c6ccccc6)nc(-c6cccc(-c7ccccc7)c6)n5)C=C4)c2-3)cc1. The van der Waals surface area contributed by atoms with E-state index >= 15 is 0 Å². The maximum atomic E-state index is 5.14. The second-order valence-electron chi connectivity index (χ2n) is 14.4. The van der Waals surface area contributed by atoms with Crippen molar-refractivity contribution in [3.05, 3.63) is 204 Å². The van der Waals surface area contributed by atoms with Gasteiger partial charge in [0.25, 0.3) is 0 Å². The number of fused-ring (bicyclic) bond motifs is 5. The molecule has 54 heavy (non-hydrogen) atoms. The maximum Gasteiger partial charge on any atom is 0.163 e. The smallest absolute Gasteiger partial charge is 0.163 e. The molecule has 0 saturated heterocycles. The fourth-order valence-electron chi connectivity index (χ4n) is 8.20. The van der Waals surface area contributed by atoms with Crippen LogP contribution in [0.1, 0.15) is 40.4 Å². The monoisotopic (exact) mass is 691 g/mol. The maximum absolute atomic E-state index is 5.14. The molecule has 0 N–H and O–H groups in total. The highest BCUT2D eigenvalue weighted by Gasteiger charge is 2.27. The zero-order valence-corrected chi connectivity index (χ0v) is 30.1. The molecule has 0 fully saturated rings. The van der Waals surface area contributed by atoms with Crippen LogP contribution in [-0.2, 0) is 6.42 Å². The predicted molar refractivity (Wildman–Crippen MR) is 223 cm³/mol. The molecule has 3 nitrogen and oxygen atoms in total. The number of rotatable bonds is 6. The summed E-state index contributed by atoms with van der Waals surface area (Å²) in [5.74, 6) is 2.19. The van der Waals surface area contributed by atoms with Gasteiger partial charge in [0.1, 0.15) is 5.82 Å². The first-order valence-corrected chi connectivity index (χ1v) is 18.8. The van der Waals surface area contributed by atoms with Crippen molar-refractivity contribution in [3.8, 4) is 56.2 Å². The Balaban J connectivity index is 1.03. The summed E-state index contributed by atoms with van der Waals surface area (Å²) in [6.45, 7) is 2.15. The molecular weight excluding hydrogens is 655 g/mol. The second kappa shape index (κ2) is 13.4. The summed E-state index contributed by atoms with van der Waals surface area (Å²) in [6, 6.07) is 56.3. The Hall–Kier alpha value is -6.71. The van der Waals surface area contributed by atoms with E-state index in [0.29, 0.717) is 11.6 Å². The largest absolute Gasteiger partial charge is 0.212 e. The number of nitrogens with zero attached hydrogens (tertiary/aromatic N) is 3. The van der Waals surface area contributed by atoms with E-state index in [1.807, 2.05) is 24.3 Å². The number of benzene rings is 7. The highest BCUT2D eigenvalue weighted by molar-refractivity contribution is 6.06. The van der Waals surface area contributed by atoms with Crippen LogP contribution in [0.3, 0.4) is 0 Å². The summed E-state index contributed by atoms with van der Waals surface area (Å²) in [6.07, 6.45) is 8.69. The molecule has 256 valence electrons. The quantitative estimate of drug-likeness (QED) is 0.174. The molecule has 0 saturated carbocycles. The van der Waals surface area contributed by atoms with Crippen molar-refractivity contribution < 1.29 is 0 Å². The summed E-state index contributed by atoms with van der Waals surface area (Å²) in [7, 11) is 0. The minimum atomic E-state index is 0.0244. The highest BCUT2D eigenvalue weighted by atomic mass is 15.0. The van der Waals surface area contributed by atoms with Crippen LogP contribution in [0.4, 0.5) is 0 Å². The van der Waals surface area contributed by atoms with Crippen LogP contribution in [-0.4, -0.2) is 15.0 Å². The van der Waals surface area contributed by atoms with Gasteiger partial charge in [0.05, 0.1) is 0 Å². The van der Waals surface area contributed by atoms with Crippen molar-refractivity contribution in [1.82, 2.24) is 15.0 Å². The Labute approximate surface area is 316 Å². The third kappa shape index (κ3) is 5.75. The number of allylic oxidation sites excluding steroid dienone is 4. The lowest BCUT2D eigenvalue weighted by atomic mass is 9.86. The Morgan fingerprint density at radius 2 is 1.17 bits per heavy atom. The van der Waals surface area contributed by atoms with E-state index < -0.39 is 0 Å². The van der Waals surface area contributed by atoms with E-state index in [2.05, 4.69) is 159 Å². The number of hydrogen-bond acceptors (Lipinski definition) is 3. The average molecular weight is 692 g/mol. The average Bonchev–Trinajstić information content (AvgIpc) is 3.63. The molecule has 0 radical (unpaired) electrons. The van der Waals surface area contributed by atoms with Crippen molar-refractivity contribution in [2.45, 2.75) is 25.7 Å². The van der Waals surface area contributed by atoms with Crippen LogP contribution < -0.4 is 0 Å². The molecule has 0 spiro atoms. The lowest BCUT2D eigenvalue weighted by Crippen LogP contribution is -2.08. The van der Waals surface area contributed by atoms with E-state index in [4.69, 9.17) is 15.0 Å². The highest BCUT2D eigenvalue weighted by Crippen LogP contribution is 2.48. The van der Waals surface area contributed by atoms with Crippen molar-refractivity contribution in [2.75, 3.05) is 0 Å². The zero-order valence-electron chi connectivity index (χ0n) is 30.1. The van der Waals surface area contributed by atoms with E-state index in [1.54, 1.807) is 0 Å². The molecule has 1 aromatic heterocycles. The molecule has 1 unspecified atom stereocenters. The van der Waals surface area contributed by atoms with Gasteiger partial charge in [0, 0.05) is 17.0 Å². The normalized spacial score (nSPS) is 14.5. The van der Waals surface area contributed by atoms with Crippen LogP contribution in [0, 0.1) is 6.92 Å². The van der Waals surface area contributed by atoms with Crippen molar-refractivity contribution in [1.29, 1.82) is 0 Å². The lowest BCUT2D eigenvalue weighted by Gasteiger charge is -2.19. The van der Waals surface area contributed by atoms with Gasteiger partial charge in [0.2, 0.25) is 0 Å². The molecule has 2 aliphatic carbocycles. The topological polar surface area (TPSA) is 38.7 Å². The third-order valence-corrected chi connectivity index (χ3v) is 11.0. The molecule has 8 aromatic rings. The van der Waals surface area contributed by atoms with Gasteiger partial charge in [-0.3, -0.25) is 0 Å². The Morgan fingerprint density at radius 3 is 1.93 bits per heavy atom. The first kappa shape index (κ1) is 32.0. The van der Waals surface area contributed by atoms with Crippen LogP contribution in [0.15, 0.2) is 176 Å². The fraction of sp³-hybridized carbons (Fsp3) is 0.0784. The molecular formula is C51H37N3. The number of hydrogen-bond donors (Lipinski definition) is 0. The number of aryl methyl sites for hydroxylation is 1. The molecule has 3 heteroatoms. The summed E-state index contributed by atoms with van der Waals surface area (Å²) in [4.78, 5) is 15.3. The second-order valence-corrected chi connectivity index (χ2v) is 14.4. The van der Waals surface area contributed by atoms with Crippen LogP contribution in [0.25, 0.3) is 72.5 Å². The van der Waals surface area contributed by atoms with Crippen LogP contribution >= 0.6 is 0 Å². The standard InChI is InChI=1S/C51H37N3/c1-33-22-24-36(25-23-33)45-32-47-46(44-20-9-8-19-43(44)45)31-40-17-11-21-42(48(40)47)35-26-28-38(29-27-35)50-52-49(37-14-6-3-7-15-37)53-51(54-50)41-18-10-16-39(30-41)34-12-4-2-5-13-34/h2-28,30,32,38H,29,31H2,1H3. The minimum absolute atomic E-state index is 0.0244. The molecule has 2 aliphatic rings. The van der Waals surface area contributed by atoms with Crippen LogP contribution in [0.5, 0.6) is 0 Å². The minimum Gasteiger partial charge on any atom is -0.212 e. The van der Waals surface area contributed by atoms with Crippen LogP contribution in [0.2, 0.25) is 0 Å². The van der Waals surface area contributed by atoms with Crippen molar-refractivity contribution >= 4 is 16.3 Å². The Kier molecular flexibility index (Phi) is 7.91. The van der Waals surface area contributed by atoms with Crippen molar-refractivity contribution in [3.63, 3.8) is 0 Å². The molecule has 0 aliphatic heterocycles. The van der Waals surface area contributed by atoms with Gasteiger partial charge in [-0.15, -0.1) is 0 Å². The fourth-order valence-corrected chi connectivity index (χ4v) is 8.20. The van der Waals surface area contributed by atoms with Gasteiger partial charge >= 0.3 is 0 Å². The Morgan fingerprint density at radius 1 is 0.500 bits per heavy atom. The van der Waals surface area contributed by atoms with Gasteiger partial charge in [-0.05, 0) is 98.3 Å². The van der Waals surface area contributed by atoms with E-state index in [-0.39, 0.29) is 5.92 Å². The summed E-state index contributed by atoms with van der Waals surface area (Å²) >= 11 is 0. The summed E-state index contributed by atoms with van der Waals surface area (Å²) in [5.41, 5.74) is 16.1. The van der Waals surface area contributed by atoms with Gasteiger partial charge in [-0.1, -0.05) is 169 Å². The van der Waals surface area contributed by atoms with E-state index in [0.717, 1.165) is 35.4 Å². The first-order chi connectivity index (χ1) is 26.7. The molecule has 0 bridgehead atoms. The van der Waals surface area contributed by atoms with E-state index in [9.17, 15) is 0 Å². The third-order valence-electron chi connectivity index (χ3n) is 11.0. The number of aromatic nitrogens is 3. The molecule has 1 atom stereocenters.